The fourth-order valence-electron chi connectivity index (χ4n) is 3.73. The molecule has 0 spiro atoms. The second-order valence-corrected chi connectivity index (χ2v) is 6.94. The van der Waals surface area contributed by atoms with E-state index in [4.69, 9.17) is 0 Å². The van der Waals surface area contributed by atoms with Crippen LogP contribution in [0.2, 0.25) is 0 Å². The number of carbonyl (C=O) groups excluding carboxylic acids is 2. The third-order valence-corrected chi connectivity index (χ3v) is 5.20. The molecule has 134 valence electrons. The summed E-state index contributed by atoms with van der Waals surface area (Å²) in [6, 6.07) is 14.0. The molecule has 1 fully saturated rings. The van der Waals surface area contributed by atoms with Crippen molar-refractivity contribution < 1.29 is 9.59 Å². The van der Waals surface area contributed by atoms with Gasteiger partial charge in [-0.2, -0.15) is 0 Å². The highest BCUT2D eigenvalue weighted by Crippen LogP contribution is 2.31. The maximum atomic E-state index is 12.6. The molecule has 0 radical (unpaired) electrons. The Hall–Kier alpha value is -2.66. The van der Waals surface area contributed by atoms with E-state index < -0.39 is 0 Å². The molecule has 1 unspecified atom stereocenters. The minimum Gasteiger partial charge on any atom is -0.352 e. The molecule has 5 nitrogen and oxygen atoms in total. The van der Waals surface area contributed by atoms with E-state index >= 15 is 0 Å². The Morgan fingerprint density at radius 1 is 1.19 bits per heavy atom. The van der Waals surface area contributed by atoms with Crippen LogP contribution in [0.25, 0.3) is 10.8 Å². The lowest BCUT2D eigenvalue weighted by Gasteiger charge is -2.19. The molecule has 2 aliphatic heterocycles. The number of fused-ring (bicyclic) bond motifs is 1. The van der Waals surface area contributed by atoms with Gasteiger partial charge in [0, 0.05) is 31.4 Å². The van der Waals surface area contributed by atoms with E-state index in [0.717, 1.165) is 36.0 Å². The van der Waals surface area contributed by atoms with Gasteiger partial charge in [-0.3, -0.25) is 9.59 Å². The summed E-state index contributed by atoms with van der Waals surface area (Å²) in [6.45, 7) is 2.85. The van der Waals surface area contributed by atoms with E-state index in [-0.39, 0.29) is 24.2 Å². The summed E-state index contributed by atoms with van der Waals surface area (Å²) in [6.07, 6.45) is 3.37. The number of carbonyl (C=O) groups is 2. The molecule has 2 aromatic carbocycles. The molecule has 4 rings (SSSR count). The average Bonchev–Trinajstić information content (AvgIpc) is 3.08. The summed E-state index contributed by atoms with van der Waals surface area (Å²) in [4.78, 5) is 26.9. The van der Waals surface area contributed by atoms with E-state index in [0.29, 0.717) is 13.1 Å². The third kappa shape index (κ3) is 3.35. The summed E-state index contributed by atoms with van der Waals surface area (Å²) >= 11 is 0. The van der Waals surface area contributed by atoms with Crippen molar-refractivity contribution in [1.29, 1.82) is 0 Å². The van der Waals surface area contributed by atoms with Crippen LogP contribution in [-0.4, -0.2) is 38.0 Å². The van der Waals surface area contributed by atoms with Gasteiger partial charge in [-0.25, -0.2) is 0 Å². The number of anilines is 1. The van der Waals surface area contributed by atoms with Gasteiger partial charge in [0.2, 0.25) is 11.8 Å². The lowest BCUT2D eigenvalue weighted by Crippen LogP contribution is -2.35. The first-order valence-corrected chi connectivity index (χ1v) is 9.17. The van der Waals surface area contributed by atoms with Gasteiger partial charge in [-0.05, 0) is 24.4 Å². The zero-order chi connectivity index (χ0) is 17.9. The summed E-state index contributed by atoms with van der Waals surface area (Å²) in [5, 5.41) is 8.42. The first-order chi connectivity index (χ1) is 12.7. The quantitative estimate of drug-likeness (QED) is 0.832. The Kier molecular flexibility index (Phi) is 4.71. The van der Waals surface area contributed by atoms with Crippen LogP contribution < -0.4 is 15.5 Å². The maximum Gasteiger partial charge on any atom is 0.227 e. The molecule has 0 aromatic heterocycles. The Labute approximate surface area is 153 Å². The highest BCUT2D eigenvalue weighted by atomic mass is 16.2. The van der Waals surface area contributed by atoms with Crippen LogP contribution >= 0.6 is 0 Å². The van der Waals surface area contributed by atoms with Crippen LogP contribution in [0.1, 0.15) is 12.8 Å². The first kappa shape index (κ1) is 16.8. The van der Waals surface area contributed by atoms with Crippen molar-refractivity contribution in [3.05, 3.63) is 54.1 Å². The molecule has 2 aromatic rings. The summed E-state index contributed by atoms with van der Waals surface area (Å²) in [5.41, 5.74) is 2.15. The van der Waals surface area contributed by atoms with Crippen molar-refractivity contribution in [2.75, 3.05) is 31.1 Å². The van der Waals surface area contributed by atoms with Crippen LogP contribution in [0.4, 0.5) is 5.69 Å². The Balaban J connectivity index is 1.46. The number of rotatable bonds is 4. The standard InChI is InChI=1S/C21H23N3O2/c25-20-12-17(21(26)23-13-15-8-10-22-11-9-15)14-24(20)19-7-3-5-16-4-1-2-6-18(16)19/h1-8,17,22H,9-14H2,(H,23,26). The zero-order valence-electron chi connectivity index (χ0n) is 14.7. The summed E-state index contributed by atoms with van der Waals surface area (Å²) < 4.78 is 0. The second-order valence-electron chi connectivity index (χ2n) is 6.94. The van der Waals surface area contributed by atoms with E-state index in [1.165, 1.54) is 5.57 Å². The summed E-state index contributed by atoms with van der Waals surface area (Å²) in [7, 11) is 0. The molecule has 0 bridgehead atoms. The van der Waals surface area contributed by atoms with Gasteiger partial charge in [0.15, 0.2) is 0 Å². The fourth-order valence-corrected chi connectivity index (χ4v) is 3.73. The highest BCUT2D eigenvalue weighted by Gasteiger charge is 2.35. The molecule has 1 atom stereocenters. The molecular weight excluding hydrogens is 326 g/mol. The molecule has 2 N–H and O–H groups in total. The Morgan fingerprint density at radius 3 is 2.88 bits per heavy atom. The fraction of sp³-hybridized carbons (Fsp3) is 0.333. The lowest BCUT2D eigenvalue weighted by atomic mass is 10.1. The molecule has 2 heterocycles. The molecule has 1 saturated heterocycles. The van der Waals surface area contributed by atoms with Gasteiger partial charge >= 0.3 is 0 Å². The molecular formula is C21H23N3O2. The van der Waals surface area contributed by atoms with E-state index in [9.17, 15) is 9.59 Å². The summed E-state index contributed by atoms with van der Waals surface area (Å²) in [5.74, 6) is -0.299. The molecule has 5 heteroatoms. The molecule has 0 aliphatic carbocycles. The van der Waals surface area contributed by atoms with E-state index in [1.807, 2.05) is 42.5 Å². The van der Waals surface area contributed by atoms with Crippen LogP contribution in [0, 0.1) is 5.92 Å². The van der Waals surface area contributed by atoms with Crippen molar-refractivity contribution in [3.63, 3.8) is 0 Å². The van der Waals surface area contributed by atoms with Crippen LogP contribution in [-0.2, 0) is 9.59 Å². The third-order valence-electron chi connectivity index (χ3n) is 5.20. The average molecular weight is 349 g/mol. The number of nitrogens with one attached hydrogen (secondary N) is 2. The van der Waals surface area contributed by atoms with Gasteiger partial charge in [0.25, 0.3) is 0 Å². The highest BCUT2D eigenvalue weighted by molar-refractivity contribution is 6.06. The normalized spacial score (nSPS) is 20.3. The van der Waals surface area contributed by atoms with Gasteiger partial charge in [0.05, 0.1) is 11.6 Å². The van der Waals surface area contributed by atoms with Crippen LogP contribution in [0.15, 0.2) is 54.1 Å². The maximum absolute atomic E-state index is 12.6. The second kappa shape index (κ2) is 7.30. The Bertz CT molecular complexity index is 869. The molecule has 0 saturated carbocycles. The minimum atomic E-state index is -0.288. The van der Waals surface area contributed by atoms with Crippen LogP contribution in [0.5, 0.6) is 0 Å². The SMILES string of the molecule is O=C(NCC1=CCNCC1)C1CC(=O)N(c2cccc3ccccc23)C1. The number of amides is 2. The monoisotopic (exact) mass is 349 g/mol. The predicted octanol–water partition coefficient (Wildman–Crippen LogP) is 2.23. The predicted molar refractivity (Wildman–Crippen MR) is 103 cm³/mol. The first-order valence-electron chi connectivity index (χ1n) is 9.17. The van der Waals surface area contributed by atoms with Gasteiger partial charge in [0.1, 0.15) is 0 Å². The number of hydrogen-bond acceptors (Lipinski definition) is 3. The van der Waals surface area contributed by atoms with Crippen molar-refractivity contribution in [2.24, 2.45) is 5.92 Å². The number of nitrogens with zero attached hydrogens (tertiary/aromatic N) is 1. The topological polar surface area (TPSA) is 61.4 Å². The van der Waals surface area contributed by atoms with Gasteiger partial charge in [-0.1, -0.05) is 48.0 Å². The van der Waals surface area contributed by atoms with Crippen LogP contribution in [0.3, 0.4) is 0 Å². The van der Waals surface area contributed by atoms with Gasteiger partial charge in [-0.15, -0.1) is 0 Å². The number of hydrogen-bond donors (Lipinski definition) is 2. The lowest BCUT2D eigenvalue weighted by molar-refractivity contribution is -0.126. The van der Waals surface area contributed by atoms with Crippen molar-refractivity contribution >= 4 is 28.3 Å². The smallest absolute Gasteiger partial charge is 0.227 e. The molecule has 26 heavy (non-hydrogen) atoms. The zero-order valence-corrected chi connectivity index (χ0v) is 14.7. The van der Waals surface area contributed by atoms with Crippen molar-refractivity contribution in [3.8, 4) is 0 Å². The van der Waals surface area contributed by atoms with E-state index in [1.54, 1.807) is 4.90 Å². The molecule has 2 amide bonds. The van der Waals surface area contributed by atoms with Crippen molar-refractivity contribution in [2.45, 2.75) is 12.8 Å². The largest absolute Gasteiger partial charge is 0.352 e. The van der Waals surface area contributed by atoms with E-state index in [2.05, 4.69) is 16.7 Å². The molecule has 2 aliphatic rings. The van der Waals surface area contributed by atoms with Gasteiger partial charge < -0.3 is 15.5 Å². The number of benzene rings is 2. The van der Waals surface area contributed by atoms with Crippen molar-refractivity contribution in [1.82, 2.24) is 10.6 Å². The minimum absolute atomic E-state index is 0.0163. The Morgan fingerprint density at radius 2 is 2.04 bits per heavy atom.